The summed E-state index contributed by atoms with van der Waals surface area (Å²) in [5.74, 6) is -0.223. The van der Waals surface area contributed by atoms with E-state index in [2.05, 4.69) is 10.4 Å². The molecule has 1 aromatic heterocycles. The van der Waals surface area contributed by atoms with E-state index in [9.17, 15) is 9.59 Å². The van der Waals surface area contributed by atoms with E-state index in [0.717, 1.165) is 5.69 Å². The minimum atomic E-state index is -0.367. The third-order valence-electron chi connectivity index (χ3n) is 5.17. The number of anilines is 1. The molecule has 6 nitrogen and oxygen atoms in total. The van der Waals surface area contributed by atoms with Gasteiger partial charge in [0.05, 0.1) is 31.5 Å². The smallest absolute Gasteiger partial charge is 0.254 e. The van der Waals surface area contributed by atoms with E-state index >= 15 is 0 Å². The van der Waals surface area contributed by atoms with E-state index in [1.807, 2.05) is 33.8 Å². The Kier molecular flexibility index (Phi) is 8.76. The lowest BCUT2D eigenvalue weighted by Crippen LogP contribution is -2.38. The van der Waals surface area contributed by atoms with Crippen molar-refractivity contribution in [1.29, 1.82) is 0 Å². The van der Waals surface area contributed by atoms with Crippen LogP contribution in [-0.2, 0) is 10.2 Å². The molecule has 0 saturated carbocycles. The second-order valence-corrected chi connectivity index (χ2v) is 10.7. The number of nitrogens with zero attached hydrogens (tertiary/aromatic N) is 3. The van der Waals surface area contributed by atoms with Crippen LogP contribution in [0.5, 0.6) is 0 Å². The fraction of sp³-hybridized carbons (Fsp3) is 0.320. The summed E-state index contributed by atoms with van der Waals surface area (Å²) < 4.78 is 1.60. The number of carbonyl (C=O) groups is 2. The molecule has 0 bridgehead atoms. The Bertz CT molecular complexity index is 1250. The van der Waals surface area contributed by atoms with Crippen molar-refractivity contribution < 1.29 is 9.59 Å². The lowest BCUT2D eigenvalue weighted by molar-refractivity contribution is -0.116. The lowest BCUT2D eigenvalue weighted by Gasteiger charge is -2.22. The molecule has 3 rings (SSSR count). The summed E-state index contributed by atoms with van der Waals surface area (Å²) in [4.78, 5) is 27.6. The molecule has 0 aliphatic carbocycles. The number of carbonyl (C=O) groups excluding carboxylic acids is 2. The summed E-state index contributed by atoms with van der Waals surface area (Å²) in [5, 5.41) is 9.00. The summed E-state index contributed by atoms with van der Waals surface area (Å²) in [7, 11) is 0. The van der Waals surface area contributed by atoms with Gasteiger partial charge in [0, 0.05) is 23.6 Å². The third-order valence-corrected chi connectivity index (χ3v) is 6.65. The van der Waals surface area contributed by atoms with E-state index in [1.165, 1.54) is 11.0 Å². The molecule has 0 radical (unpaired) electrons. The standard InChI is InChI=1S/C25H26Cl4N4O2/c1-5-10-32(24(35)15-6-8-17(26)19(28)11-15)14-23(34)30-22-13-21(25(2,3)4)31-33(22)16-7-9-18(27)20(29)12-16/h6-9,11-13H,5,10,14H2,1-4H3,(H,30,34). The SMILES string of the molecule is CCCN(CC(=O)Nc1cc(C(C)(C)C)nn1-c1ccc(Cl)c(Cl)c1)C(=O)c1ccc(Cl)c(Cl)c1. The van der Waals surface area contributed by atoms with Crippen LogP contribution in [0, 0.1) is 0 Å². The molecule has 35 heavy (non-hydrogen) atoms. The lowest BCUT2D eigenvalue weighted by atomic mass is 9.92. The summed E-state index contributed by atoms with van der Waals surface area (Å²) in [6, 6.07) is 11.6. The number of nitrogens with one attached hydrogen (secondary N) is 1. The quantitative estimate of drug-likeness (QED) is 0.333. The summed E-state index contributed by atoms with van der Waals surface area (Å²) in [6.45, 7) is 8.26. The van der Waals surface area contributed by atoms with Gasteiger partial charge in [0.2, 0.25) is 5.91 Å². The molecule has 0 saturated heterocycles. The molecule has 0 aliphatic rings. The molecule has 0 unspecified atom stereocenters. The van der Waals surface area contributed by atoms with E-state index in [4.69, 9.17) is 46.4 Å². The van der Waals surface area contributed by atoms with Gasteiger partial charge >= 0.3 is 0 Å². The molecule has 186 valence electrons. The van der Waals surface area contributed by atoms with Gasteiger partial charge in [-0.25, -0.2) is 4.68 Å². The van der Waals surface area contributed by atoms with Gasteiger partial charge in [-0.1, -0.05) is 74.1 Å². The Morgan fingerprint density at radius 2 is 1.57 bits per heavy atom. The van der Waals surface area contributed by atoms with Crippen molar-refractivity contribution in [2.24, 2.45) is 0 Å². The largest absolute Gasteiger partial charge is 0.329 e. The fourth-order valence-corrected chi connectivity index (χ4v) is 3.93. The van der Waals surface area contributed by atoms with Crippen molar-refractivity contribution in [3.8, 4) is 5.69 Å². The predicted octanol–water partition coefficient (Wildman–Crippen LogP) is 7.27. The molecule has 1 N–H and O–H groups in total. The van der Waals surface area contributed by atoms with Crippen LogP contribution in [0.1, 0.15) is 50.2 Å². The molecule has 0 spiro atoms. The highest BCUT2D eigenvalue weighted by molar-refractivity contribution is 6.42. The maximum Gasteiger partial charge on any atom is 0.254 e. The molecular weight excluding hydrogens is 530 g/mol. The van der Waals surface area contributed by atoms with Crippen molar-refractivity contribution in [3.63, 3.8) is 0 Å². The molecule has 0 fully saturated rings. The van der Waals surface area contributed by atoms with Crippen molar-refractivity contribution in [1.82, 2.24) is 14.7 Å². The molecular formula is C25H26Cl4N4O2. The highest BCUT2D eigenvalue weighted by atomic mass is 35.5. The number of halogens is 4. The Morgan fingerprint density at radius 1 is 0.943 bits per heavy atom. The van der Waals surface area contributed by atoms with Crippen LogP contribution < -0.4 is 5.32 Å². The average molecular weight is 556 g/mol. The molecule has 3 aromatic rings. The maximum atomic E-state index is 13.1. The Hall–Kier alpha value is -2.25. The summed E-state index contributed by atoms with van der Waals surface area (Å²) in [6.07, 6.45) is 0.676. The number of benzene rings is 2. The minimum absolute atomic E-state index is 0.148. The Morgan fingerprint density at radius 3 is 2.14 bits per heavy atom. The van der Waals surface area contributed by atoms with Crippen molar-refractivity contribution >= 4 is 64.0 Å². The molecule has 1 heterocycles. The first-order valence-corrected chi connectivity index (χ1v) is 12.5. The summed E-state index contributed by atoms with van der Waals surface area (Å²) in [5.41, 5.74) is 1.51. The van der Waals surface area contributed by atoms with Gasteiger partial charge in [0.15, 0.2) is 0 Å². The average Bonchev–Trinajstić information content (AvgIpc) is 3.21. The van der Waals surface area contributed by atoms with Gasteiger partial charge in [-0.3, -0.25) is 9.59 Å². The molecule has 10 heteroatoms. The number of hydrogen-bond donors (Lipinski definition) is 1. The fourth-order valence-electron chi connectivity index (χ4n) is 3.34. The Balaban J connectivity index is 1.88. The number of rotatable bonds is 7. The first-order chi connectivity index (χ1) is 16.4. The first kappa shape index (κ1) is 27.3. The van der Waals surface area contributed by atoms with Crippen LogP contribution in [0.15, 0.2) is 42.5 Å². The van der Waals surface area contributed by atoms with Gasteiger partial charge in [0.25, 0.3) is 5.91 Å². The van der Waals surface area contributed by atoms with Crippen LogP contribution in [-0.4, -0.2) is 39.6 Å². The highest BCUT2D eigenvalue weighted by Crippen LogP contribution is 2.29. The second kappa shape index (κ2) is 11.2. The third kappa shape index (κ3) is 6.70. The first-order valence-electron chi connectivity index (χ1n) is 11.0. The van der Waals surface area contributed by atoms with Gasteiger partial charge in [-0.05, 0) is 42.8 Å². The van der Waals surface area contributed by atoms with Crippen LogP contribution in [0.2, 0.25) is 20.1 Å². The molecule has 0 aliphatic heterocycles. The molecule has 2 aromatic carbocycles. The van der Waals surface area contributed by atoms with E-state index < -0.39 is 0 Å². The monoisotopic (exact) mass is 554 g/mol. The summed E-state index contributed by atoms with van der Waals surface area (Å²) >= 11 is 24.3. The zero-order chi connectivity index (χ0) is 25.9. The van der Waals surface area contributed by atoms with Crippen LogP contribution in [0.25, 0.3) is 5.69 Å². The molecule has 0 atom stereocenters. The van der Waals surface area contributed by atoms with Crippen molar-refractivity contribution in [3.05, 3.63) is 73.8 Å². The topological polar surface area (TPSA) is 67.2 Å². The number of hydrogen-bond acceptors (Lipinski definition) is 3. The normalized spacial score (nSPS) is 11.4. The van der Waals surface area contributed by atoms with E-state index in [-0.39, 0.29) is 28.8 Å². The zero-order valence-electron chi connectivity index (χ0n) is 19.8. The number of amides is 2. The van der Waals surface area contributed by atoms with Crippen LogP contribution in [0.4, 0.5) is 5.82 Å². The van der Waals surface area contributed by atoms with Gasteiger partial charge in [0.1, 0.15) is 12.4 Å². The number of aromatic nitrogens is 2. The zero-order valence-corrected chi connectivity index (χ0v) is 22.9. The minimum Gasteiger partial charge on any atom is -0.329 e. The van der Waals surface area contributed by atoms with Crippen molar-refractivity contribution in [2.45, 2.75) is 39.5 Å². The Labute approximate surface area is 225 Å². The highest BCUT2D eigenvalue weighted by Gasteiger charge is 2.24. The van der Waals surface area contributed by atoms with Crippen molar-refractivity contribution in [2.75, 3.05) is 18.4 Å². The van der Waals surface area contributed by atoms with Crippen LogP contribution in [0.3, 0.4) is 0 Å². The van der Waals surface area contributed by atoms with Gasteiger partial charge < -0.3 is 10.2 Å². The maximum absolute atomic E-state index is 13.1. The van der Waals surface area contributed by atoms with E-state index in [0.29, 0.717) is 45.1 Å². The van der Waals surface area contributed by atoms with Gasteiger partial charge in [-0.2, -0.15) is 5.10 Å². The predicted molar refractivity (Wildman–Crippen MR) is 144 cm³/mol. The van der Waals surface area contributed by atoms with Gasteiger partial charge in [-0.15, -0.1) is 0 Å². The van der Waals surface area contributed by atoms with Crippen LogP contribution >= 0.6 is 46.4 Å². The molecule has 2 amide bonds. The second-order valence-electron chi connectivity index (χ2n) is 9.08. The van der Waals surface area contributed by atoms with E-state index in [1.54, 1.807) is 35.0 Å².